The number of halogens is 3. The molecule has 0 atom stereocenters. The van der Waals surface area contributed by atoms with Crippen molar-refractivity contribution in [1.82, 2.24) is 5.32 Å². The van der Waals surface area contributed by atoms with E-state index in [1.165, 1.54) is 12.1 Å². The third-order valence-electron chi connectivity index (χ3n) is 2.55. The summed E-state index contributed by atoms with van der Waals surface area (Å²) in [6.45, 7) is 1.40. The van der Waals surface area contributed by atoms with Crippen LogP contribution in [0.15, 0.2) is 46.9 Å². The Bertz CT molecular complexity index is 545. The van der Waals surface area contributed by atoms with Crippen LogP contribution < -0.4 is 5.32 Å². The predicted molar refractivity (Wildman–Crippen MR) is 76.1 cm³/mol. The zero-order valence-electron chi connectivity index (χ0n) is 9.59. The van der Waals surface area contributed by atoms with E-state index < -0.39 is 0 Å². The molecule has 2 aromatic carbocycles. The van der Waals surface area contributed by atoms with Gasteiger partial charge in [-0.1, -0.05) is 45.7 Å². The Morgan fingerprint density at radius 1 is 1.11 bits per heavy atom. The van der Waals surface area contributed by atoms with E-state index in [1.54, 1.807) is 6.07 Å². The average molecular weight is 329 g/mol. The summed E-state index contributed by atoms with van der Waals surface area (Å²) in [4.78, 5) is 0. The molecule has 0 spiro atoms. The molecule has 0 unspecified atom stereocenters. The highest BCUT2D eigenvalue weighted by atomic mass is 79.9. The van der Waals surface area contributed by atoms with E-state index in [1.807, 2.05) is 24.3 Å². The number of nitrogens with one attached hydrogen (secondary N) is 1. The van der Waals surface area contributed by atoms with Crippen LogP contribution in [0.1, 0.15) is 11.1 Å². The summed E-state index contributed by atoms with van der Waals surface area (Å²) in [6, 6.07) is 12.4. The smallest absolute Gasteiger partial charge is 0.124 e. The molecule has 0 saturated heterocycles. The van der Waals surface area contributed by atoms with E-state index in [-0.39, 0.29) is 5.82 Å². The summed E-state index contributed by atoms with van der Waals surface area (Å²) in [6.07, 6.45) is 0. The number of hydrogen-bond donors (Lipinski definition) is 1. The molecule has 0 heterocycles. The summed E-state index contributed by atoms with van der Waals surface area (Å²) >= 11 is 9.25. The Balaban J connectivity index is 1.92. The zero-order chi connectivity index (χ0) is 13.0. The van der Waals surface area contributed by atoms with Gasteiger partial charge >= 0.3 is 0 Å². The minimum atomic E-state index is -0.236. The fraction of sp³-hybridized carbons (Fsp3) is 0.143. The molecule has 1 nitrogen and oxygen atoms in total. The lowest BCUT2D eigenvalue weighted by Gasteiger charge is -2.07. The van der Waals surface area contributed by atoms with Gasteiger partial charge in [-0.05, 0) is 35.4 Å². The van der Waals surface area contributed by atoms with Gasteiger partial charge in [0, 0.05) is 22.6 Å². The summed E-state index contributed by atoms with van der Waals surface area (Å²) in [5, 5.41) is 4.03. The molecular weight excluding hydrogens is 317 g/mol. The van der Waals surface area contributed by atoms with Gasteiger partial charge in [0.2, 0.25) is 0 Å². The van der Waals surface area contributed by atoms with Gasteiger partial charge in [-0.15, -0.1) is 0 Å². The van der Waals surface area contributed by atoms with E-state index in [4.69, 9.17) is 11.6 Å². The van der Waals surface area contributed by atoms with Crippen molar-refractivity contribution in [2.75, 3.05) is 0 Å². The molecular formula is C14H12BrClFN. The van der Waals surface area contributed by atoms with Crippen molar-refractivity contribution in [3.05, 3.63) is 68.9 Å². The molecule has 2 aromatic rings. The maximum absolute atomic E-state index is 12.9. The van der Waals surface area contributed by atoms with Crippen LogP contribution >= 0.6 is 27.5 Å². The Kier molecular flexibility index (Phi) is 4.75. The molecule has 2 rings (SSSR count). The van der Waals surface area contributed by atoms with Crippen LogP contribution in [0.4, 0.5) is 4.39 Å². The molecule has 0 aromatic heterocycles. The molecule has 0 aliphatic rings. The average Bonchev–Trinajstić information content (AvgIpc) is 2.32. The van der Waals surface area contributed by atoms with Gasteiger partial charge in [-0.2, -0.15) is 0 Å². The van der Waals surface area contributed by atoms with E-state index in [2.05, 4.69) is 21.2 Å². The van der Waals surface area contributed by atoms with E-state index in [0.29, 0.717) is 6.54 Å². The van der Waals surface area contributed by atoms with Crippen LogP contribution in [-0.2, 0) is 13.1 Å². The third-order valence-corrected chi connectivity index (χ3v) is 3.52. The van der Waals surface area contributed by atoms with Gasteiger partial charge in [-0.25, -0.2) is 4.39 Å². The van der Waals surface area contributed by atoms with Crippen molar-refractivity contribution in [3.63, 3.8) is 0 Å². The van der Waals surface area contributed by atoms with Gasteiger partial charge in [0.25, 0.3) is 0 Å². The van der Waals surface area contributed by atoms with Crippen LogP contribution in [0.5, 0.6) is 0 Å². The largest absolute Gasteiger partial charge is 0.309 e. The molecule has 0 aliphatic carbocycles. The summed E-state index contributed by atoms with van der Waals surface area (Å²) < 4.78 is 13.7. The number of benzene rings is 2. The first-order valence-corrected chi connectivity index (χ1v) is 6.71. The van der Waals surface area contributed by atoms with E-state index in [0.717, 1.165) is 27.2 Å². The third kappa shape index (κ3) is 3.80. The van der Waals surface area contributed by atoms with Crippen LogP contribution in [-0.4, -0.2) is 0 Å². The molecule has 94 valence electrons. The SMILES string of the molecule is Fc1ccc(CNCc2cccc(Cl)c2)c(Br)c1. The Hall–Kier alpha value is -0.900. The van der Waals surface area contributed by atoms with Crippen molar-refractivity contribution < 1.29 is 4.39 Å². The minimum absolute atomic E-state index is 0.236. The lowest BCUT2D eigenvalue weighted by molar-refractivity contribution is 0.623. The van der Waals surface area contributed by atoms with Crippen LogP contribution in [0.25, 0.3) is 0 Å². The monoisotopic (exact) mass is 327 g/mol. The van der Waals surface area contributed by atoms with Gasteiger partial charge < -0.3 is 5.32 Å². The number of hydrogen-bond acceptors (Lipinski definition) is 1. The fourth-order valence-electron chi connectivity index (χ4n) is 1.65. The highest BCUT2D eigenvalue weighted by Gasteiger charge is 2.01. The summed E-state index contributed by atoms with van der Waals surface area (Å²) in [5.74, 6) is -0.236. The Morgan fingerprint density at radius 2 is 1.94 bits per heavy atom. The number of rotatable bonds is 4. The van der Waals surface area contributed by atoms with Crippen LogP contribution in [0.3, 0.4) is 0 Å². The van der Waals surface area contributed by atoms with Gasteiger partial charge in [0.1, 0.15) is 5.82 Å². The first-order valence-electron chi connectivity index (χ1n) is 5.54. The maximum Gasteiger partial charge on any atom is 0.124 e. The van der Waals surface area contributed by atoms with E-state index >= 15 is 0 Å². The summed E-state index contributed by atoms with van der Waals surface area (Å²) in [5.41, 5.74) is 2.15. The molecule has 1 N–H and O–H groups in total. The Morgan fingerprint density at radius 3 is 2.67 bits per heavy atom. The first-order chi connectivity index (χ1) is 8.65. The topological polar surface area (TPSA) is 12.0 Å². The first kappa shape index (κ1) is 13.5. The van der Waals surface area contributed by atoms with Crippen molar-refractivity contribution in [2.45, 2.75) is 13.1 Å². The minimum Gasteiger partial charge on any atom is -0.309 e. The molecule has 0 amide bonds. The lowest BCUT2D eigenvalue weighted by Crippen LogP contribution is -2.13. The van der Waals surface area contributed by atoms with Crippen molar-refractivity contribution in [3.8, 4) is 0 Å². The molecule has 0 aliphatic heterocycles. The van der Waals surface area contributed by atoms with Crippen LogP contribution in [0.2, 0.25) is 5.02 Å². The maximum atomic E-state index is 12.9. The van der Waals surface area contributed by atoms with E-state index in [9.17, 15) is 4.39 Å². The molecule has 18 heavy (non-hydrogen) atoms. The van der Waals surface area contributed by atoms with Crippen molar-refractivity contribution >= 4 is 27.5 Å². The molecule has 0 saturated carbocycles. The summed E-state index contributed by atoms with van der Waals surface area (Å²) in [7, 11) is 0. The Labute approximate surface area is 119 Å². The predicted octanol–water partition coefficient (Wildman–Crippen LogP) is 4.53. The normalized spacial score (nSPS) is 10.6. The van der Waals surface area contributed by atoms with Gasteiger partial charge in [-0.3, -0.25) is 0 Å². The van der Waals surface area contributed by atoms with Gasteiger partial charge in [0.15, 0.2) is 0 Å². The van der Waals surface area contributed by atoms with Crippen molar-refractivity contribution in [1.29, 1.82) is 0 Å². The second-order valence-electron chi connectivity index (χ2n) is 3.97. The zero-order valence-corrected chi connectivity index (χ0v) is 11.9. The van der Waals surface area contributed by atoms with Crippen molar-refractivity contribution in [2.24, 2.45) is 0 Å². The molecule has 0 fully saturated rings. The highest BCUT2D eigenvalue weighted by Crippen LogP contribution is 2.18. The molecule has 0 bridgehead atoms. The second-order valence-corrected chi connectivity index (χ2v) is 5.26. The van der Waals surface area contributed by atoms with Crippen LogP contribution in [0, 0.1) is 5.82 Å². The highest BCUT2D eigenvalue weighted by molar-refractivity contribution is 9.10. The fourth-order valence-corrected chi connectivity index (χ4v) is 2.36. The lowest BCUT2D eigenvalue weighted by atomic mass is 10.2. The van der Waals surface area contributed by atoms with Gasteiger partial charge in [0.05, 0.1) is 0 Å². The second kappa shape index (κ2) is 6.32. The standard InChI is InChI=1S/C14H12BrClFN/c15-14-7-13(17)5-4-11(14)9-18-8-10-2-1-3-12(16)6-10/h1-7,18H,8-9H2. The molecule has 0 radical (unpaired) electrons. The molecule has 4 heteroatoms. The quantitative estimate of drug-likeness (QED) is 0.869.